The Labute approximate surface area is 178 Å². The maximum atomic E-state index is 6.23. The first-order valence-electron chi connectivity index (χ1n) is 9.38. The van der Waals surface area contributed by atoms with Gasteiger partial charge in [-0.1, -0.05) is 17.7 Å². The number of hydrogen-bond donors (Lipinski definition) is 1. The number of rotatable bonds is 7. The van der Waals surface area contributed by atoms with E-state index in [4.69, 9.17) is 21.1 Å². The van der Waals surface area contributed by atoms with Crippen molar-refractivity contribution in [3.63, 3.8) is 0 Å². The molecule has 1 N–H and O–H groups in total. The van der Waals surface area contributed by atoms with Crippen molar-refractivity contribution < 1.29 is 9.47 Å². The predicted molar refractivity (Wildman–Crippen MR) is 115 cm³/mol. The molecular formula is C21H21ClN6O2. The van der Waals surface area contributed by atoms with Gasteiger partial charge in [-0.2, -0.15) is 9.90 Å². The summed E-state index contributed by atoms with van der Waals surface area (Å²) in [5.41, 5.74) is 3.11. The topological polar surface area (TPSA) is 87.0 Å². The third-order valence-corrected chi connectivity index (χ3v) is 4.95. The van der Waals surface area contributed by atoms with Crippen LogP contribution in [0.3, 0.4) is 0 Å². The number of aromatic nitrogens is 5. The van der Waals surface area contributed by atoms with E-state index in [2.05, 4.69) is 25.5 Å². The summed E-state index contributed by atoms with van der Waals surface area (Å²) >= 11 is 6.23. The Morgan fingerprint density at radius 3 is 2.70 bits per heavy atom. The smallest absolute Gasteiger partial charge is 0.158 e. The number of nitrogens with one attached hydrogen (secondary N) is 1. The summed E-state index contributed by atoms with van der Waals surface area (Å²) < 4.78 is 10.7. The molecule has 0 spiro atoms. The van der Waals surface area contributed by atoms with Crippen LogP contribution in [0.5, 0.6) is 11.5 Å². The lowest BCUT2D eigenvalue weighted by Crippen LogP contribution is -2.11. The highest BCUT2D eigenvalue weighted by molar-refractivity contribution is 6.30. The van der Waals surface area contributed by atoms with Gasteiger partial charge in [-0.05, 0) is 31.2 Å². The van der Waals surface area contributed by atoms with E-state index in [1.165, 1.54) is 0 Å². The molecule has 154 valence electrons. The molecular weight excluding hydrogens is 404 g/mol. The summed E-state index contributed by atoms with van der Waals surface area (Å²) in [6, 6.07) is 13.0. The molecule has 0 saturated heterocycles. The van der Waals surface area contributed by atoms with E-state index in [0.717, 1.165) is 17.0 Å². The molecule has 0 radical (unpaired) electrons. The van der Waals surface area contributed by atoms with Crippen LogP contribution in [0.25, 0.3) is 11.0 Å². The zero-order valence-electron chi connectivity index (χ0n) is 16.8. The van der Waals surface area contributed by atoms with Crippen LogP contribution in [0.2, 0.25) is 5.15 Å². The molecule has 1 atom stereocenters. The second kappa shape index (κ2) is 8.54. The third-order valence-electron chi connectivity index (χ3n) is 4.76. The van der Waals surface area contributed by atoms with E-state index in [1.807, 2.05) is 43.3 Å². The minimum Gasteiger partial charge on any atom is -0.497 e. The third kappa shape index (κ3) is 3.99. The molecule has 0 bridgehead atoms. The molecule has 1 unspecified atom stereocenters. The number of ether oxygens (including phenoxy) is 2. The quantitative estimate of drug-likeness (QED) is 0.446. The molecule has 0 aliphatic heterocycles. The van der Waals surface area contributed by atoms with Crippen LogP contribution in [0.15, 0.2) is 48.7 Å². The van der Waals surface area contributed by atoms with Gasteiger partial charge in [0.2, 0.25) is 0 Å². The van der Waals surface area contributed by atoms with Gasteiger partial charge in [-0.3, -0.25) is 4.98 Å². The average Bonchev–Trinajstić information content (AvgIpc) is 3.21. The van der Waals surface area contributed by atoms with Crippen LogP contribution in [0.1, 0.15) is 24.2 Å². The monoisotopic (exact) mass is 424 g/mol. The van der Waals surface area contributed by atoms with Crippen LogP contribution < -0.4 is 14.8 Å². The Bertz CT molecular complexity index is 1170. The van der Waals surface area contributed by atoms with Crippen LogP contribution in [-0.2, 0) is 6.54 Å². The van der Waals surface area contributed by atoms with Crippen LogP contribution >= 0.6 is 11.6 Å². The van der Waals surface area contributed by atoms with Crippen LogP contribution in [-0.4, -0.2) is 39.2 Å². The minimum atomic E-state index is -0.132. The Balaban J connectivity index is 1.64. The number of benzene rings is 1. The molecule has 0 aliphatic carbocycles. The fraction of sp³-hybridized carbons (Fsp3) is 0.238. The van der Waals surface area contributed by atoms with E-state index in [9.17, 15) is 0 Å². The largest absolute Gasteiger partial charge is 0.497 e. The number of anilines is 1. The summed E-state index contributed by atoms with van der Waals surface area (Å²) in [4.78, 5) is 10.4. The zero-order valence-corrected chi connectivity index (χ0v) is 17.6. The zero-order chi connectivity index (χ0) is 21.1. The second-order valence-electron chi connectivity index (χ2n) is 6.64. The number of methoxy groups -OCH3 is 2. The van der Waals surface area contributed by atoms with Gasteiger partial charge in [0.1, 0.15) is 28.2 Å². The Morgan fingerprint density at radius 2 is 1.97 bits per heavy atom. The second-order valence-corrected chi connectivity index (χ2v) is 7.03. The number of nitrogens with zero attached hydrogens (tertiary/aromatic N) is 5. The lowest BCUT2D eigenvalue weighted by molar-refractivity contribution is 0.391. The predicted octanol–water partition coefficient (Wildman–Crippen LogP) is 4.11. The van der Waals surface area contributed by atoms with Crippen LogP contribution in [0.4, 0.5) is 5.82 Å². The Morgan fingerprint density at radius 1 is 1.10 bits per heavy atom. The number of hydrogen-bond acceptors (Lipinski definition) is 7. The molecule has 4 rings (SSSR count). The highest BCUT2D eigenvalue weighted by Gasteiger charge is 2.17. The summed E-state index contributed by atoms with van der Waals surface area (Å²) in [7, 11) is 3.24. The molecule has 30 heavy (non-hydrogen) atoms. The van der Waals surface area contributed by atoms with Crippen molar-refractivity contribution in [3.8, 4) is 11.5 Å². The molecule has 4 aromatic rings. The van der Waals surface area contributed by atoms with Gasteiger partial charge in [-0.25, -0.2) is 4.98 Å². The summed E-state index contributed by atoms with van der Waals surface area (Å²) in [6.07, 6.45) is 1.75. The lowest BCUT2D eigenvalue weighted by Gasteiger charge is -2.12. The van der Waals surface area contributed by atoms with Crippen molar-refractivity contribution in [3.05, 3.63) is 65.1 Å². The van der Waals surface area contributed by atoms with Gasteiger partial charge in [-0.15, -0.1) is 5.10 Å². The minimum absolute atomic E-state index is 0.132. The number of fused-ring (bicyclic) bond motifs is 1. The molecule has 0 aliphatic rings. The molecule has 1 aromatic carbocycles. The van der Waals surface area contributed by atoms with Gasteiger partial charge < -0.3 is 14.8 Å². The number of halogens is 1. The maximum absolute atomic E-state index is 6.23. The standard InChI is InChI=1S/C21H21ClN6O2/c1-13(16-6-4-5-9-23-16)28-26-17-11-19(22)25-21(20(17)27-28)24-12-14-7-8-15(29-2)10-18(14)30-3/h4-11,13H,12H2,1-3H3,(H,24,25). The average molecular weight is 425 g/mol. The molecule has 3 aromatic heterocycles. The van der Waals surface area contributed by atoms with Crippen molar-refractivity contribution in [1.82, 2.24) is 25.0 Å². The van der Waals surface area contributed by atoms with E-state index >= 15 is 0 Å². The van der Waals surface area contributed by atoms with E-state index in [1.54, 1.807) is 31.3 Å². The maximum Gasteiger partial charge on any atom is 0.158 e. The Hall–Kier alpha value is -3.39. The summed E-state index contributed by atoms with van der Waals surface area (Å²) in [5, 5.41) is 12.9. The molecule has 0 amide bonds. The van der Waals surface area contributed by atoms with Gasteiger partial charge in [0.05, 0.1) is 19.9 Å². The first kappa shape index (κ1) is 19.9. The first-order valence-corrected chi connectivity index (χ1v) is 9.75. The van der Waals surface area contributed by atoms with Crippen molar-refractivity contribution in [2.24, 2.45) is 0 Å². The summed E-state index contributed by atoms with van der Waals surface area (Å²) in [6.45, 7) is 2.46. The fourth-order valence-corrected chi connectivity index (χ4v) is 3.31. The van der Waals surface area contributed by atoms with Gasteiger partial charge >= 0.3 is 0 Å². The van der Waals surface area contributed by atoms with Crippen molar-refractivity contribution >= 4 is 28.5 Å². The molecule has 9 heteroatoms. The molecule has 8 nitrogen and oxygen atoms in total. The number of pyridine rings is 2. The fourth-order valence-electron chi connectivity index (χ4n) is 3.12. The van der Waals surface area contributed by atoms with Crippen molar-refractivity contribution in [2.45, 2.75) is 19.5 Å². The van der Waals surface area contributed by atoms with Crippen molar-refractivity contribution in [2.75, 3.05) is 19.5 Å². The highest BCUT2D eigenvalue weighted by Crippen LogP contribution is 2.28. The van der Waals surface area contributed by atoms with Gasteiger partial charge in [0.15, 0.2) is 11.3 Å². The summed E-state index contributed by atoms with van der Waals surface area (Å²) in [5.74, 6) is 1.99. The first-order chi connectivity index (χ1) is 14.6. The van der Waals surface area contributed by atoms with Gasteiger partial charge in [0, 0.05) is 30.4 Å². The molecule has 0 saturated carbocycles. The Kier molecular flexibility index (Phi) is 5.67. The molecule has 3 heterocycles. The van der Waals surface area contributed by atoms with E-state index in [0.29, 0.717) is 34.3 Å². The van der Waals surface area contributed by atoms with Crippen LogP contribution in [0, 0.1) is 0 Å². The van der Waals surface area contributed by atoms with E-state index in [-0.39, 0.29) is 6.04 Å². The van der Waals surface area contributed by atoms with E-state index < -0.39 is 0 Å². The SMILES string of the molecule is COc1ccc(CNc2nc(Cl)cc3nn(C(C)c4ccccn4)nc23)c(OC)c1. The normalized spacial score (nSPS) is 12.0. The molecule has 0 fully saturated rings. The lowest BCUT2D eigenvalue weighted by atomic mass is 10.2. The highest BCUT2D eigenvalue weighted by atomic mass is 35.5. The van der Waals surface area contributed by atoms with Crippen molar-refractivity contribution in [1.29, 1.82) is 0 Å². The van der Waals surface area contributed by atoms with Gasteiger partial charge in [0.25, 0.3) is 0 Å².